The van der Waals surface area contributed by atoms with Crippen molar-refractivity contribution in [3.8, 4) is 5.75 Å². The Hall–Kier alpha value is -3.09. The highest BCUT2D eigenvalue weighted by atomic mass is 16.6. The number of amides is 2. The Morgan fingerprint density at radius 2 is 1.86 bits per heavy atom. The van der Waals surface area contributed by atoms with Gasteiger partial charge in [-0.15, -0.1) is 0 Å². The van der Waals surface area contributed by atoms with Gasteiger partial charge in [-0.1, -0.05) is 25.8 Å². The summed E-state index contributed by atoms with van der Waals surface area (Å²) in [6.07, 6.45) is 4.63. The highest BCUT2D eigenvalue weighted by Crippen LogP contribution is 2.21. The summed E-state index contributed by atoms with van der Waals surface area (Å²) in [6, 6.07) is 12.2. The second-order valence-electron chi connectivity index (χ2n) is 6.09. The van der Waals surface area contributed by atoms with Crippen LogP contribution in [-0.4, -0.2) is 36.7 Å². The van der Waals surface area contributed by atoms with Gasteiger partial charge < -0.3 is 9.47 Å². The van der Waals surface area contributed by atoms with Gasteiger partial charge in [0.25, 0.3) is 0 Å². The monoisotopic (exact) mass is 385 g/mol. The summed E-state index contributed by atoms with van der Waals surface area (Å²) in [5.41, 5.74) is 0.744. The van der Waals surface area contributed by atoms with E-state index in [1.54, 1.807) is 54.4 Å². The number of ether oxygens (including phenoxy) is 2. The molecule has 0 saturated heterocycles. The summed E-state index contributed by atoms with van der Waals surface area (Å²) in [5.74, 6) is 0.625. The molecule has 150 valence electrons. The van der Waals surface area contributed by atoms with Gasteiger partial charge >= 0.3 is 12.0 Å². The largest absolute Gasteiger partial charge is 0.482 e. The number of hydrogen-bond donors (Lipinski definition) is 1. The number of unbranched alkanes of at least 4 members (excludes halogenated alkanes) is 2. The maximum Gasteiger partial charge on any atom is 0.344 e. The molecule has 1 heterocycles. The smallest absolute Gasteiger partial charge is 0.344 e. The van der Waals surface area contributed by atoms with Gasteiger partial charge in [0.1, 0.15) is 11.6 Å². The number of aromatic nitrogens is 1. The van der Waals surface area contributed by atoms with E-state index in [-0.39, 0.29) is 12.6 Å². The van der Waals surface area contributed by atoms with Gasteiger partial charge in [-0.25, -0.2) is 14.6 Å². The molecule has 0 bridgehead atoms. The number of urea groups is 1. The first-order valence-corrected chi connectivity index (χ1v) is 9.52. The first-order valence-electron chi connectivity index (χ1n) is 9.52. The van der Waals surface area contributed by atoms with Gasteiger partial charge in [0, 0.05) is 18.4 Å². The number of anilines is 2. The standard InChI is InChI=1S/C21H27N3O4/c1-3-5-8-15-24(21(26)23-19-9-6-7-14-22-19)17-10-12-18(13-11-17)28-16-20(25)27-4-2/h6-7,9-14H,3-5,8,15-16H2,1-2H3,(H,22,23,26). The van der Waals surface area contributed by atoms with Crippen LogP contribution in [0.4, 0.5) is 16.3 Å². The van der Waals surface area contributed by atoms with E-state index >= 15 is 0 Å². The number of hydrogen-bond acceptors (Lipinski definition) is 5. The van der Waals surface area contributed by atoms with Crippen molar-refractivity contribution in [2.75, 3.05) is 30.0 Å². The van der Waals surface area contributed by atoms with Crippen LogP contribution in [0.15, 0.2) is 48.7 Å². The van der Waals surface area contributed by atoms with Crippen LogP contribution < -0.4 is 15.0 Å². The Balaban J connectivity index is 2.05. The average Bonchev–Trinajstić information content (AvgIpc) is 2.71. The summed E-state index contributed by atoms with van der Waals surface area (Å²) in [4.78, 5) is 30.0. The van der Waals surface area contributed by atoms with Gasteiger partial charge in [-0.05, 0) is 49.7 Å². The van der Waals surface area contributed by atoms with Gasteiger partial charge in [-0.3, -0.25) is 10.2 Å². The third kappa shape index (κ3) is 6.90. The second kappa shape index (κ2) is 11.6. The van der Waals surface area contributed by atoms with Gasteiger partial charge in [-0.2, -0.15) is 0 Å². The predicted octanol–water partition coefficient (Wildman–Crippen LogP) is 4.25. The number of esters is 1. The molecule has 0 fully saturated rings. The van der Waals surface area contributed by atoms with Crippen LogP contribution in [0.2, 0.25) is 0 Å². The van der Waals surface area contributed by atoms with Gasteiger partial charge in [0.2, 0.25) is 0 Å². The molecule has 0 aliphatic carbocycles. The molecular weight excluding hydrogens is 358 g/mol. The fourth-order valence-corrected chi connectivity index (χ4v) is 2.55. The third-order valence-corrected chi connectivity index (χ3v) is 3.94. The van der Waals surface area contributed by atoms with Crippen LogP contribution in [0.25, 0.3) is 0 Å². The number of nitrogens with zero attached hydrogens (tertiary/aromatic N) is 2. The molecule has 1 N–H and O–H groups in total. The van der Waals surface area contributed by atoms with Gasteiger partial charge in [0.05, 0.1) is 6.61 Å². The number of carbonyl (C=O) groups is 2. The molecule has 0 aliphatic rings. The minimum Gasteiger partial charge on any atom is -0.482 e. The molecule has 2 amide bonds. The van der Waals surface area contributed by atoms with E-state index in [0.29, 0.717) is 24.7 Å². The molecule has 7 nitrogen and oxygen atoms in total. The van der Waals surface area contributed by atoms with Crippen LogP contribution in [-0.2, 0) is 9.53 Å². The molecule has 0 spiro atoms. The molecule has 0 aliphatic heterocycles. The zero-order chi connectivity index (χ0) is 20.2. The SMILES string of the molecule is CCCCCN(C(=O)Nc1ccccn1)c1ccc(OCC(=O)OCC)cc1. The number of rotatable bonds is 10. The zero-order valence-corrected chi connectivity index (χ0v) is 16.4. The third-order valence-electron chi connectivity index (χ3n) is 3.94. The lowest BCUT2D eigenvalue weighted by Crippen LogP contribution is -2.36. The topological polar surface area (TPSA) is 80.8 Å². The van der Waals surface area contributed by atoms with Crippen molar-refractivity contribution >= 4 is 23.5 Å². The van der Waals surface area contributed by atoms with Gasteiger partial charge in [0.15, 0.2) is 6.61 Å². The second-order valence-corrected chi connectivity index (χ2v) is 6.09. The van der Waals surface area contributed by atoms with E-state index in [1.807, 2.05) is 6.07 Å². The van der Waals surface area contributed by atoms with Crippen molar-refractivity contribution in [2.24, 2.45) is 0 Å². The van der Waals surface area contributed by atoms with Crippen LogP contribution in [0, 0.1) is 0 Å². The lowest BCUT2D eigenvalue weighted by molar-refractivity contribution is -0.145. The molecule has 2 aromatic rings. The Bertz CT molecular complexity index is 735. The molecule has 7 heteroatoms. The minimum atomic E-state index is -0.414. The first kappa shape index (κ1) is 21.2. The lowest BCUT2D eigenvalue weighted by atomic mass is 10.2. The summed E-state index contributed by atoms with van der Waals surface area (Å²) in [7, 11) is 0. The average molecular weight is 385 g/mol. The molecule has 0 radical (unpaired) electrons. The molecule has 0 atom stereocenters. The molecule has 1 aromatic heterocycles. The Morgan fingerprint density at radius 3 is 2.50 bits per heavy atom. The molecule has 1 aromatic carbocycles. The molecule has 2 rings (SSSR count). The molecular formula is C21H27N3O4. The van der Waals surface area contributed by atoms with Crippen LogP contribution in [0.3, 0.4) is 0 Å². The van der Waals surface area contributed by atoms with Crippen LogP contribution in [0.5, 0.6) is 5.75 Å². The zero-order valence-electron chi connectivity index (χ0n) is 16.4. The Morgan fingerprint density at radius 1 is 1.07 bits per heavy atom. The molecule has 0 saturated carbocycles. The fraction of sp³-hybridized carbons (Fsp3) is 0.381. The van der Waals surface area contributed by atoms with E-state index in [0.717, 1.165) is 24.9 Å². The maximum atomic E-state index is 12.8. The van der Waals surface area contributed by atoms with Crippen LogP contribution >= 0.6 is 0 Å². The summed E-state index contributed by atoms with van der Waals surface area (Å²) in [6.45, 7) is 4.63. The predicted molar refractivity (Wildman–Crippen MR) is 109 cm³/mol. The maximum absolute atomic E-state index is 12.8. The quantitative estimate of drug-likeness (QED) is 0.488. The highest BCUT2D eigenvalue weighted by molar-refractivity contribution is 6.01. The Kier molecular flexibility index (Phi) is 8.78. The van der Waals surface area contributed by atoms with Crippen molar-refractivity contribution in [2.45, 2.75) is 33.1 Å². The summed E-state index contributed by atoms with van der Waals surface area (Å²) in [5, 5.41) is 2.82. The van der Waals surface area contributed by atoms with Crippen molar-refractivity contribution in [3.05, 3.63) is 48.7 Å². The summed E-state index contributed by atoms with van der Waals surface area (Å²) >= 11 is 0. The van der Waals surface area contributed by atoms with Crippen molar-refractivity contribution < 1.29 is 19.1 Å². The first-order chi connectivity index (χ1) is 13.6. The van der Waals surface area contributed by atoms with Crippen LogP contribution in [0.1, 0.15) is 33.1 Å². The number of carbonyl (C=O) groups excluding carboxylic acids is 2. The summed E-state index contributed by atoms with van der Waals surface area (Å²) < 4.78 is 10.2. The lowest BCUT2D eigenvalue weighted by Gasteiger charge is -2.23. The van der Waals surface area contributed by atoms with E-state index in [9.17, 15) is 9.59 Å². The fourth-order valence-electron chi connectivity index (χ4n) is 2.55. The normalized spacial score (nSPS) is 10.2. The number of pyridine rings is 1. The van der Waals surface area contributed by atoms with E-state index < -0.39 is 5.97 Å². The van der Waals surface area contributed by atoms with E-state index in [2.05, 4.69) is 17.2 Å². The number of benzene rings is 1. The van der Waals surface area contributed by atoms with E-state index in [1.165, 1.54) is 0 Å². The molecule has 28 heavy (non-hydrogen) atoms. The minimum absolute atomic E-state index is 0.145. The number of nitrogens with one attached hydrogen (secondary N) is 1. The molecule has 0 unspecified atom stereocenters. The van der Waals surface area contributed by atoms with E-state index in [4.69, 9.17) is 9.47 Å². The van der Waals surface area contributed by atoms with Crippen molar-refractivity contribution in [1.29, 1.82) is 0 Å². The van der Waals surface area contributed by atoms with Crippen molar-refractivity contribution in [1.82, 2.24) is 4.98 Å². The highest BCUT2D eigenvalue weighted by Gasteiger charge is 2.16. The Labute approximate surface area is 165 Å². The van der Waals surface area contributed by atoms with Crippen molar-refractivity contribution in [3.63, 3.8) is 0 Å².